The SMILES string of the molecule is COC[C@@H](CC(C)C)N=C1N/C(=C\c2ccc3nn(C)cc3c2)C(=O)N1C. The van der Waals surface area contributed by atoms with Gasteiger partial charge in [0.1, 0.15) is 5.70 Å². The van der Waals surface area contributed by atoms with Crippen LogP contribution in [0.15, 0.2) is 35.1 Å². The first-order chi connectivity index (χ1) is 12.9. The number of aromatic nitrogens is 2. The van der Waals surface area contributed by atoms with Gasteiger partial charge in [0.15, 0.2) is 0 Å². The van der Waals surface area contributed by atoms with Crippen molar-refractivity contribution in [3.05, 3.63) is 35.7 Å². The van der Waals surface area contributed by atoms with Crippen molar-refractivity contribution in [1.29, 1.82) is 0 Å². The monoisotopic (exact) mass is 369 g/mol. The van der Waals surface area contributed by atoms with Crippen LogP contribution in [0.4, 0.5) is 0 Å². The number of nitrogens with one attached hydrogen (secondary N) is 1. The first-order valence-corrected chi connectivity index (χ1v) is 9.14. The van der Waals surface area contributed by atoms with Crippen LogP contribution in [0.25, 0.3) is 17.0 Å². The predicted octanol–water partition coefficient (Wildman–Crippen LogP) is 2.39. The van der Waals surface area contributed by atoms with E-state index in [-0.39, 0.29) is 11.9 Å². The second-order valence-electron chi connectivity index (χ2n) is 7.36. The number of fused-ring (bicyclic) bond motifs is 1. The standard InChI is InChI=1S/C20H27N5O2/c1-13(2)8-16(12-27-5)21-20-22-18(19(26)25(20)4)10-14-6-7-17-15(9-14)11-24(3)23-17/h6-7,9-11,13,16H,8,12H2,1-5H3,(H,21,22)/b18-10-/t16-/m1/s1. The number of nitrogens with zero attached hydrogens (tertiary/aromatic N) is 4. The van der Waals surface area contributed by atoms with E-state index in [0.717, 1.165) is 22.9 Å². The Kier molecular flexibility index (Phi) is 5.60. The summed E-state index contributed by atoms with van der Waals surface area (Å²) in [6.45, 7) is 4.83. The molecule has 0 spiro atoms. The number of carbonyl (C=O) groups is 1. The molecule has 1 aromatic carbocycles. The highest BCUT2D eigenvalue weighted by Crippen LogP contribution is 2.19. The summed E-state index contributed by atoms with van der Waals surface area (Å²) in [6, 6.07) is 5.95. The summed E-state index contributed by atoms with van der Waals surface area (Å²) in [5.41, 5.74) is 2.39. The van der Waals surface area contributed by atoms with Crippen LogP contribution < -0.4 is 5.32 Å². The average Bonchev–Trinajstić information content (AvgIpc) is 3.08. The number of amides is 1. The number of benzene rings is 1. The summed E-state index contributed by atoms with van der Waals surface area (Å²) in [5, 5.41) is 8.58. The fourth-order valence-electron chi connectivity index (χ4n) is 3.24. The maximum atomic E-state index is 12.6. The third-order valence-electron chi connectivity index (χ3n) is 4.46. The molecule has 1 aliphatic rings. The number of rotatable bonds is 6. The molecular formula is C20H27N5O2. The lowest BCUT2D eigenvalue weighted by atomic mass is 10.1. The first-order valence-electron chi connectivity index (χ1n) is 9.14. The van der Waals surface area contributed by atoms with Crippen molar-refractivity contribution in [3.63, 3.8) is 0 Å². The minimum Gasteiger partial charge on any atom is -0.382 e. The van der Waals surface area contributed by atoms with Gasteiger partial charge in [-0.1, -0.05) is 19.9 Å². The zero-order valence-electron chi connectivity index (χ0n) is 16.6. The van der Waals surface area contributed by atoms with Gasteiger partial charge in [0.05, 0.1) is 18.2 Å². The van der Waals surface area contributed by atoms with Crippen LogP contribution in [0.3, 0.4) is 0 Å². The van der Waals surface area contributed by atoms with E-state index in [0.29, 0.717) is 24.2 Å². The van der Waals surface area contributed by atoms with Crippen molar-refractivity contribution >= 4 is 28.8 Å². The van der Waals surface area contributed by atoms with Crippen molar-refractivity contribution in [2.45, 2.75) is 26.3 Å². The summed E-state index contributed by atoms with van der Waals surface area (Å²) in [7, 11) is 5.30. The molecule has 2 aromatic rings. The highest BCUT2D eigenvalue weighted by molar-refractivity contribution is 6.15. The zero-order chi connectivity index (χ0) is 19.6. The molecule has 7 heteroatoms. The fourth-order valence-corrected chi connectivity index (χ4v) is 3.24. The van der Waals surface area contributed by atoms with E-state index in [2.05, 4.69) is 24.3 Å². The number of aliphatic imine (C=N–C) groups is 1. The van der Waals surface area contributed by atoms with Crippen LogP contribution in [0, 0.1) is 5.92 Å². The molecule has 1 fully saturated rings. The normalized spacial score (nSPS) is 18.9. The molecule has 1 aliphatic heterocycles. The van der Waals surface area contributed by atoms with E-state index in [1.54, 1.807) is 23.7 Å². The summed E-state index contributed by atoms with van der Waals surface area (Å²) >= 11 is 0. The second kappa shape index (κ2) is 7.92. The fraction of sp³-hybridized carbons (Fsp3) is 0.450. The van der Waals surface area contributed by atoms with Crippen molar-refractivity contribution in [2.24, 2.45) is 18.0 Å². The molecule has 7 nitrogen and oxygen atoms in total. The Bertz CT molecular complexity index is 897. The number of hydrogen-bond acceptors (Lipinski definition) is 4. The Morgan fingerprint density at radius 2 is 2.11 bits per heavy atom. The van der Waals surface area contributed by atoms with Crippen molar-refractivity contribution in [1.82, 2.24) is 20.0 Å². The minimum atomic E-state index is -0.0965. The molecule has 0 aliphatic carbocycles. The molecule has 0 unspecified atom stereocenters. The van der Waals surface area contributed by atoms with Gasteiger partial charge in [0, 0.05) is 32.8 Å². The quantitative estimate of drug-likeness (QED) is 0.794. The summed E-state index contributed by atoms with van der Waals surface area (Å²) in [6.07, 6.45) is 4.71. The second-order valence-corrected chi connectivity index (χ2v) is 7.36. The highest BCUT2D eigenvalue weighted by atomic mass is 16.5. The lowest BCUT2D eigenvalue weighted by Crippen LogP contribution is -2.31. The van der Waals surface area contributed by atoms with Gasteiger partial charge >= 0.3 is 0 Å². The van der Waals surface area contributed by atoms with Crippen LogP contribution in [0.1, 0.15) is 25.8 Å². The van der Waals surface area contributed by atoms with Crippen molar-refractivity contribution < 1.29 is 9.53 Å². The van der Waals surface area contributed by atoms with Gasteiger partial charge in [-0.05, 0) is 36.1 Å². The van der Waals surface area contributed by atoms with E-state index in [4.69, 9.17) is 9.73 Å². The van der Waals surface area contributed by atoms with Gasteiger partial charge in [-0.15, -0.1) is 0 Å². The number of aryl methyl sites for hydroxylation is 1. The molecule has 27 heavy (non-hydrogen) atoms. The van der Waals surface area contributed by atoms with Gasteiger partial charge in [-0.3, -0.25) is 14.4 Å². The smallest absolute Gasteiger partial charge is 0.276 e. The van der Waals surface area contributed by atoms with E-state index in [1.807, 2.05) is 37.5 Å². The summed E-state index contributed by atoms with van der Waals surface area (Å²) in [4.78, 5) is 18.9. The Labute approximate surface area is 159 Å². The number of hydrogen-bond donors (Lipinski definition) is 1. The number of ether oxygens (including phenoxy) is 1. The molecule has 144 valence electrons. The van der Waals surface area contributed by atoms with Crippen molar-refractivity contribution in [3.8, 4) is 0 Å². The molecule has 0 bridgehead atoms. The first kappa shape index (κ1) is 19.1. The number of carbonyl (C=O) groups excluding carboxylic acids is 1. The van der Waals surface area contributed by atoms with E-state index in [1.165, 1.54) is 0 Å². The van der Waals surface area contributed by atoms with Gasteiger partial charge in [-0.2, -0.15) is 5.10 Å². The molecule has 1 aromatic heterocycles. The van der Waals surface area contributed by atoms with Gasteiger partial charge in [0.25, 0.3) is 5.91 Å². The maximum absolute atomic E-state index is 12.6. The van der Waals surface area contributed by atoms with Crippen LogP contribution in [-0.2, 0) is 16.6 Å². The summed E-state index contributed by atoms with van der Waals surface area (Å²) in [5.74, 6) is 0.968. The van der Waals surface area contributed by atoms with Gasteiger partial charge in [-0.25, -0.2) is 4.99 Å². The lowest BCUT2D eigenvalue weighted by molar-refractivity contribution is -0.121. The molecular weight excluding hydrogens is 342 g/mol. The van der Waals surface area contributed by atoms with Crippen LogP contribution in [-0.4, -0.2) is 53.4 Å². The Morgan fingerprint density at radius 3 is 2.81 bits per heavy atom. The van der Waals surface area contributed by atoms with E-state index < -0.39 is 0 Å². The average molecular weight is 369 g/mol. The highest BCUT2D eigenvalue weighted by Gasteiger charge is 2.29. The zero-order valence-corrected chi connectivity index (χ0v) is 16.6. The molecule has 1 atom stereocenters. The topological polar surface area (TPSA) is 71.7 Å². The third-order valence-corrected chi connectivity index (χ3v) is 4.46. The van der Waals surface area contributed by atoms with E-state index >= 15 is 0 Å². The molecule has 0 radical (unpaired) electrons. The predicted molar refractivity (Wildman–Crippen MR) is 107 cm³/mol. The van der Waals surface area contributed by atoms with Gasteiger partial charge < -0.3 is 10.1 Å². The van der Waals surface area contributed by atoms with Gasteiger partial charge in [0.2, 0.25) is 5.96 Å². The molecule has 0 saturated carbocycles. The number of guanidine groups is 1. The molecule has 2 heterocycles. The van der Waals surface area contributed by atoms with Crippen LogP contribution >= 0.6 is 0 Å². The Hall–Kier alpha value is -2.67. The van der Waals surface area contributed by atoms with E-state index in [9.17, 15) is 4.79 Å². The molecule has 3 rings (SSSR count). The molecule has 1 amide bonds. The third kappa shape index (κ3) is 4.36. The Morgan fingerprint density at radius 1 is 1.33 bits per heavy atom. The maximum Gasteiger partial charge on any atom is 0.276 e. The number of methoxy groups -OCH3 is 1. The molecule has 1 saturated heterocycles. The summed E-state index contributed by atoms with van der Waals surface area (Å²) < 4.78 is 7.06. The minimum absolute atomic E-state index is 0.0128. The largest absolute Gasteiger partial charge is 0.382 e. The Balaban J connectivity index is 1.85. The van der Waals surface area contributed by atoms with Crippen LogP contribution in [0.5, 0.6) is 0 Å². The number of likely N-dealkylation sites (N-methyl/N-ethyl adjacent to an activating group) is 1. The molecule has 1 N–H and O–H groups in total. The lowest BCUT2D eigenvalue weighted by Gasteiger charge is -2.16. The van der Waals surface area contributed by atoms with Crippen molar-refractivity contribution in [2.75, 3.05) is 20.8 Å². The van der Waals surface area contributed by atoms with Crippen LogP contribution in [0.2, 0.25) is 0 Å².